The first kappa shape index (κ1) is 19.9. The van der Waals surface area contributed by atoms with Gasteiger partial charge in [-0.15, -0.1) is 5.10 Å². The molecular formula is C20H17Cl3N6. The Balaban J connectivity index is 1.98. The first-order valence-electron chi connectivity index (χ1n) is 9.07. The molecule has 9 heteroatoms. The molecule has 4 rings (SSSR count). The van der Waals surface area contributed by atoms with Crippen molar-refractivity contribution in [3.63, 3.8) is 0 Å². The van der Waals surface area contributed by atoms with Crippen LogP contribution >= 0.6 is 34.8 Å². The van der Waals surface area contributed by atoms with E-state index in [1.165, 1.54) is 0 Å². The molecule has 29 heavy (non-hydrogen) atoms. The van der Waals surface area contributed by atoms with Gasteiger partial charge in [-0.1, -0.05) is 53.9 Å². The summed E-state index contributed by atoms with van der Waals surface area (Å²) in [4.78, 5) is 0. The molecule has 2 aromatic heterocycles. The average Bonchev–Trinajstić information content (AvgIpc) is 3.27. The molecule has 0 radical (unpaired) electrons. The van der Waals surface area contributed by atoms with Crippen molar-refractivity contribution in [3.8, 4) is 28.5 Å². The second-order valence-electron chi connectivity index (χ2n) is 6.56. The second-order valence-corrected chi connectivity index (χ2v) is 7.84. The van der Waals surface area contributed by atoms with E-state index in [-0.39, 0.29) is 0 Å². The molecule has 4 aromatic rings. The molecule has 6 nitrogen and oxygen atoms in total. The lowest BCUT2D eigenvalue weighted by Crippen LogP contribution is -2.04. The summed E-state index contributed by atoms with van der Waals surface area (Å²) in [6, 6.07) is 12.9. The molecule has 0 aliphatic rings. The highest BCUT2D eigenvalue weighted by Gasteiger charge is 2.23. The van der Waals surface area contributed by atoms with Gasteiger partial charge in [-0.05, 0) is 54.1 Å². The molecule has 2 heterocycles. The number of hydrogen-bond donors (Lipinski definition) is 0. The molecule has 0 saturated carbocycles. The van der Waals surface area contributed by atoms with Crippen LogP contribution in [0, 0.1) is 6.92 Å². The monoisotopic (exact) mass is 446 g/mol. The number of rotatable bonds is 5. The molecule has 0 unspecified atom stereocenters. The van der Waals surface area contributed by atoms with Crippen LogP contribution in [-0.2, 0) is 6.54 Å². The van der Waals surface area contributed by atoms with Crippen molar-refractivity contribution in [2.75, 3.05) is 0 Å². The van der Waals surface area contributed by atoms with Gasteiger partial charge in [0.25, 0.3) is 0 Å². The Bertz CT molecular complexity index is 1160. The molecule has 148 valence electrons. The van der Waals surface area contributed by atoms with Gasteiger partial charge in [0.1, 0.15) is 5.69 Å². The molecule has 0 saturated heterocycles. The molecule has 0 aliphatic carbocycles. The quantitative estimate of drug-likeness (QED) is 0.384. The van der Waals surface area contributed by atoms with Crippen LogP contribution in [-0.4, -0.2) is 30.0 Å². The van der Waals surface area contributed by atoms with E-state index in [1.807, 2.05) is 37.3 Å². The van der Waals surface area contributed by atoms with Crippen molar-refractivity contribution in [1.82, 2.24) is 30.0 Å². The van der Waals surface area contributed by atoms with Gasteiger partial charge in [-0.3, -0.25) is 0 Å². The van der Waals surface area contributed by atoms with Gasteiger partial charge in [0.15, 0.2) is 0 Å². The average molecular weight is 448 g/mol. The summed E-state index contributed by atoms with van der Waals surface area (Å²) in [5, 5.41) is 18.7. The maximum absolute atomic E-state index is 6.50. The van der Waals surface area contributed by atoms with E-state index in [0.29, 0.717) is 38.8 Å². The number of aryl methyl sites for hydroxylation is 1. The summed E-state index contributed by atoms with van der Waals surface area (Å²) in [5.74, 6) is 0.614. The lowest BCUT2D eigenvalue weighted by atomic mass is 10.1. The van der Waals surface area contributed by atoms with Gasteiger partial charge in [0.05, 0.1) is 16.4 Å². The molecule has 0 bridgehead atoms. The minimum absolute atomic E-state index is 0.495. The van der Waals surface area contributed by atoms with Crippen molar-refractivity contribution in [2.45, 2.75) is 26.8 Å². The lowest BCUT2D eigenvalue weighted by molar-refractivity contribution is 0.582. The highest BCUT2D eigenvalue weighted by molar-refractivity contribution is 6.35. The number of aromatic nitrogens is 6. The Kier molecular flexibility index (Phi) is 5.58. The minimum Gasteiger partial charge on any atom is -0.231 e. The van der Waals surface area contributed by atoms with E-state index in [9.17, 15) is 0 Å². The van der Waals surface area contributed by atoms with Gasteiger partial charge in [0.2, 0.25) is 5.82 Å². The summed E-state index contributed by atoms with van der Waals surface area (Å²) < 4.78 is 3.56. The molecule has 0 spiro atoms. The van der Waals surface area contributed by atoms with Gasteiger partial charge in [-0.25, -0.2) is 9.36 Å². The van der Waals surface area contributed by atoms with Crippen LogP contribution in [0.5, 0.6) is 0 Å². The summed E-state index contributed by atoms with van der Waals surface area (Å²) in [5.41, 5.74) is 4.17. The number of benzene rings is 2. The highest BCUT2D eigenvalue weighted by Crippen LogP contribution is 2.35. The van der Waals surface area contributed by atoms with E-state index in [0.717, 1.165) is 23.2 Å². The third kappa shape index (κ3) is 3.75. The number of nitrogens with zero attached hydrogens (tertiary/aromatic N) is 6. The van der Waals surface area contributed by atoms with Crippen molar-refractivity contribution < 1.29 is 0 Å². The standard InChI is InChI=1S/C20H17Cl3N6/c1-3-10-28-20(24-26-27-28)18-12(2)19(13-4-6-14(21)7-5-13)29(25-18)17-9-8-15(22)11-16(17)23/h4-9,11H,3,10H2,1-2H3. The Morgan fingerprint density at radius 3 is 2.38 bits per heavy atom. The zero-order chi connectivity index (χ0) is 20.5. The van der Waals surface area contributed by atoms with E-state index in [1.54, 1.807) is 21.5 Å². The molecular weight excluding hydrogens is 431 g/mol. The second kappa shape index (κ2) is 8.14. The van der Waals surface area contributed by atoms with Gasteiger partial charge in [-0.2, -0.15) is 5.10 Å². The van der Waals surface area contributed by atoms with E-state index in [4.69, 9.17) is 39.9 Å². The molecule has 0 amide bonds. The molecule has 2 aromatic carbocycles. The van der Waals surface area contributed by atoms with Crippen LogP contribution in [0.2, 0.25) is 15.1 Å². The van der Waals surface area contributed by atoms with E-state index >= 15 is 0 Å². The normalized spacial score (nSPS) is 11.2. The molecule has 0 atom stereocenters. The third-order valence-electron chi connectivity index (χ3n) is 4.56. The van der Waals surface area contributed by atoms with Gasteiger partial charge in [0, 0.05) is 27.7 Å². The number of hydrogen-bond acceptors (Lipinski definition) is 4. The van der Waals surface area contributed by atoms with Crippen molar-refractivity contribution in [1.29, 1.82) is 0 Å². The van der Waals surface area contributed by atoms with Crippen LogP contribution in [0.1, 0.15) is 18.9 Å². The molecule has 0 aliphatic heterocycles. The Morgan fingerprint density at radius 2 is 1.69 bits per heavy atom. The first-order chi connectivity index (χ1) is 14.0. The SMILES string of the molecule is CCCn1nnnc1-c1nn(-c2ccc(Cl)cc2Cl)c(-c2ccc(Cl)cc2)c1C. The first-order valence-corrected chi connectivity index (χ1v) is 10.2. The van der Waals surface area contributed by atoms with E-state index < -0.39 is 0 Å². The minimum atomic E-state index is 0.495. The largest absolute Gasteiger partial charge is 0.231 e. The molecule has 0 fully saturated rings. The third-order valence-corrected chi connectivity index (χ3v) is 5.35. The van der Waals surface area contributed by atoms with Crippen LogP contribution in [0.15, 0.2) is 42.5 Å². The van der Waals surface area contributed by atoms with Crippen LogP contribution in [0.3, 0.4) is 0 Å². The Labute approximate surface area is 183 Å². The topological polar surface area (TPSA) is 61.4 Å². The Hall–Kier alpha value is -2.41. The van der Waals surface area contributed by atoms with Crippen LogP contribution in [0.25, 0.3) is 28.5 Å². The number of halogens is 3. The lowest BCUT2D eigenvalue weighted by Gasteiger charge is -2.11. The van der Waals surface area contributed by atoms with Gasteiger partial charge >= 0.3 is 0 Å². The summed E-state index contributed by atoms with van der Waals surface area (Å²) >= 11 is 18.7. The van der Waals surface area contributed by atoms with Crippen molar-refractivity contribution in [3.05, 3.63) is 63.1 Å². The maximum Gasteiger partial charge on any atom is 0.202 e. The zero-order valence-electron chi connectivity index (χ0n) is 15.8. The zero-order valence-corrected chi connectivity index (χ0v) is 18.0. The fraction of sp³-hybridized carbons (Fsp3) is 0.200. The predicted octanol–water partition coefficient (Wildman–Crippen LogP) is 5.87. The number of tetrazole rings is 1. The maximum atomic E-state index is 6.50. The summed E-state index contributed by atoms with van der Waals surface area (Å²) in [7, 11) is 0. The van der Waals surface area contributed by atoms with Crippen molar-refractivity contribution >= 4 is 34.8 Å². The fourth-order valence-corrected chi connectivity index (χ4v) is 3.83. The Morgan fingerprint density at radius 1 is 0.966 bits per heavy atom. The molecule has 0 N–H and O–H groups in total. The smallest absolute Gasteiger partial charge is 0.202 e. The fourth-order valence-electron chi connectivity index (χ4n) is 3.22. The highest BCUT2D eigenvalue weighted by atomic mass is 35.5. The van der Waals surface area contributed by atoms with Crippen LogP contribution < -0.4 is 0 Å². The summed E-state index contributed by atoms with van der Waals surface area (Å²) in [6.45, 7) is 4.77. The summed E-state index contributed by atoms with van der Waals surface area (Å²) in [6.07, 6.45) is 0.908. The van der Waals surface area contributed by atoms with Gasteiger partial charge < -0.3 is 0 Å². The van der Waals surface area contributed by atoms with E-state index in [2.05, 4.69) is 22.4 Å². The van der Waals surface area contributed by atoms with Crippen LogP contribution in [0.4, 0.5) is 0 Å². The predicted molar refractivity (Wildman–Crippen MR) is 116 cm³/mol. The van der Waals surface area contributed by atoms with Crippen molar-refractivity contribution in [2.24, 2.45) is 0 Å².